The molecule has 0 aromatic heterocycles. The van der Waals surface area contributed by atoms with E-state index in [1.165, 1.54) is 0 Å². The maximum Gasteiger partial charge on any atom is 0.233 e. The van der Waals surface area contributed by atoms with Gasteiger partial charge in [0, 0.05) is 36.8 Å². The Morgan fingerprint density at radius 3 is 2.83 bits per heavy atom. The van der Waals surface area contributed by atoms with Gasteiger partial charge < -0.3 is 16.0 Å². The molecule has 1 aliphatic heterocycles. The number of hydrogen-bond donors (Lipinski definition) is 2. The summed E-state index contributed by atoms with van der Waals surface area (Å²) in [5.41, 5.74) is 7.61. The molecule has 18 heavy (non-hydrogen) atoms. The Hall–Kier alpha value is -1.20. The number of aryl methyl sites for hydroxylation is 1. The number of nitrogens with zero attached hydrogens (tertiary/aromatic N) is 1. The third-order valence-corrected chi connectivity index (χ3v) is 4.18. The van der Waals surface area contributed by atoms with Crippen LogP contribution in [0.4, 0.5) is 5.69 Å². The van der Waals surface area contributed by atoms with E-state index in [1.54, 1.807) is 11.8 Å². The predicted molar refractivity (Wildman–Crippen MR) is 75.8 cm³/mol. The molecule has 0 bridgehead atoms. The van der Waals surface area contributed by atoms with Crippen molar-refractivity contribution in [1.29, 1.82) is 0 Å². The fraction of sp³-hybridized carbons (Fsp3) is 0.462. The van der Waals surface area contributed by atoms with Crippen LogP contribution in [0, 0.1) is 6.92 Å². The minimum atomic E-state index is 0.220. The van der Waals surface area contributed by atoms with E-state index in [0.29, 0.717) is 5.75 Å². The Morgan fingerprint density at radius 2 is 2.17 bits per heavy atom. The quantitative estimate of drug-likeness (QED) is 0.635. The first-order chi connectivity index (χ1) is 8.66. The third-order valence-electron chi connectivity index (χ3n) is 3.02. The number of nitrogen functional groups attached to an aromatic ring is 1. The first-order valence-electron chi connectivity index (χ1n) is 6.14. The molecular weight excluding hydrogens is 246 g/mol. The number of rotatable bonds is 3. The highest BCUT2D eigenvalue weighted by atomic mass is 32.2. The number of anilines is 1. The second kappa shape index (κ2) is 6.11. The van der Waals surface area contributed by atoms with E-state index in [1.807, 2.05) is 30.0 Å². The number of nitrogens with one attached hydrogen (secondary N) is 1. The Balaban J connectivity index is 1.88. The Labute approximate surface area is 112 Å². The molecule has 2 rings (SSSR count). The Kier molecular flexibility index (Phi) is 4.49. The molecule has 1 amide bonds. The number of hydrogen-bond acceptors (Lipinski definition) is 4. The van der Waals surface area contributed by atoms with Crippen molar-refractivity contribution in [1.82, 2.24) is 10.2 Å². The lowest BCUT2D eigenvalue weighted by Gasteiger charge is -2.27. The third kappa shape index (κ3) is 3.40. The normalized spacial score (nSPS) is 15.7. The molecule has 0 spiro atoms. The van der Waals surface area contributed by atoms with Crippen molar-refractivity contribution in [3.8, 4) is 0 Å². The maximum absolute atomic E-state index is 12.0. The lowest BCUT2D eigenvalue weighted by Crippen LogP contribution is -2.47. The molecule has 0 unspecified atom stereocenters. The molecule has 0 aliphatic carbocycles. The minimum absolute atomic E-state index is 0.220. The van der Waals surface area contributed by atoms with Crippen LogP contribution in [0.15, 0.2) is 23.1 Å². The van der Waals surface area contributed by atoms with Gasteiger partial charge in [0.1, 0.15) is 0 Å². The number of piperazine rings is 1. The zero-order chi connectivity index (χ0) is 13.0. The van der Waals surface area contributed by atoms with Crippen LogP contribution < -0.4 is 11.1 Å². The summed E-state index contributed by atoms with van der Waals surface area (Å²) in [6.07, 6.45) is 0. The van der Waals surface area contributed by atoms with E-state index >= 15 is 0 Å². The molecule has 3 N–H and O–H groups in total. The van der Waals surface area contributed by atoms with Gasteiger partial charge in [0.15, 0.2) is 0 Å². The molecule has 1 heterocycles. The largest absolute Gasteiger partial charge is 0.399 e. The number of benzene rings is 1. The SMILES string of the molecule is Cc1cc(N)ccc1SCC(=O)N1CCNCC1. The van der Waals surface area contributed by atoms with E-state index in [9.17, 15) is 4.79 Å². The Bertz CT molecular complexity index is 430. The van der Waals surface area contributed by atoms with Crippen LogP contribution in [0.1, 0.15) is 5.56 Å². The number of nitrogens with two attached hydrogens (primary N) is 1. The van der Waals surface area contributed by atoms with Gasteiger partial charge in [0.05, 0.1) is 5.75 Å². The first kappa shape index (κ1) is 13.2. The van der Waals surface area contributed by atoms with Gasteiger partial charge in [-0.2, -0.15) is 0 Å². The van der Waals surface area contributed by atoms with Gasteiger partial charge in [-0.15, -0.1) is 11.8 Å². The van der Waals surface area contributed by atoms with Crippen LogP contribution in [-0.4, -0.2) is 42.7 Å². The van der Waals surface area contributed by atoms with Crippen molar-refractivity contribution in [3.05, 3.63) is 23.8 Å². The van der Waals surface area contributed by atoms with Crippen molar-refractivity contribution >= 4 is 23.4 Å². The molecule has 1 aromatic carbocycles. The summed E-state index contributed by atoms with van der Waals surface area (Å²) in [4.78, 5) is 15.1. The van der Waals surface area contributed by atoms with Gasteiger partial charge in [-0.25, -0.2) is 0 Å². The summed E-state index contributed by atoms with van der Waals surface area (Å²) in [5.74, 6) is 0.725. The second-order valence-corrected chi connectivity index (χ2v) is 5.46. The summed E-state index contributed by atoms with van der Waals surface area (Å²) in [7, 11) is 0. The number of carbonyl (C=O) groups is 1. The molecular formula is C13H19N3OS. The van der Waals surface area contributed by atoms with E-state index < -0.39 is 0 Å². The molecule has 5 heteroatoms. The van der Waals surface area contributed by atoms with Crippen LogP contribution in [-0.2, 0) is 4.79 Å². The molecule has 0 radical (unpaired) electrons. The van der Waals surface area contributed by atoms with Crippen LogP contribution in [0.3, 0.4) is 0 Å². The van der Waals surface area contributed by atoms with Crippen molar-refractivity contribution < 1.29 is 4.79 Å². The van der Waals surface area contributed by atoms with E-state index in [2.05, 4.69) is 5.32 Å². The Morgan fingerprint density at radius 1 is 1.44 bits per heavy atom. The summed E-state index contributed by atoms with van der Waals surface area (Å²) in [6, 6.07) is 5.81. The lowest BCUT2D eigenvalue weighted by atomic mass is 10.2. The van der Waals surface area contributed by atoms with Crippen molar-refractivity contribution in [2.45, 2.75) is 11.8 Å². The van der Waals surface area contributed by atoms with Crippen LogP contribution in [0.25, 0.3) is 0 Å². The molecule has 0 atom stereocenters. The van der Waals surface area contributed by atoms with Gasteiger partial charge in [0.25, 0.3) is 0 Å². The summed E-state index contributed by atoms with van der Waals surface area (Å²) >= 11 is 1.59. The summed E-state index contributed by atoms with van der Waals surface area (Å²) in [6.45, 7) is 5.46. The first-order valence-corrected chi connectivity index (χ1v) is 7.13. The topological polar surface area (TPSA) is 58.4 Å². The summed E-state index contributed by atoms with van der Waals surface area (Å²) < 4.78 is 0. The molecule has 1 aromatic rings. The minimum Gasteiger partial charge on any atom is -0.399 e. The van der Waals surface area contributed by atoms with E-state index in [-0.39, 0.29) is 5.91 Å². The number of thioether (sulfide) groups is 1. The zero-order valence-corrected chi connectivity index (χ0v) is 11.4. The molecule has 4 nitrogen and oxygen atoms in total. The van der Waals surface area contributed by atoms with Gasteiger partial charge in [-0.1, -0.05) is 0 Å². The highest BCUT2D eigenvalue weighted by molar-refractivity contribution is 8.00. The van der Waals surface area contributed by atoms with Gasteiger partial charge in [-0.3, -0.25) is 4.79 Å². The van der Waals surface area contributed by atoms with Crippen LogP contribution in [0.5, 0.6) is 0 Å². The van der Waals surface area contributed by atoms with Gasteiger partial charge in [0.2, 0.25) is 5.91 Å². The van der Waals surface area contributed by atoms with E-state index in [0.717, 1.165) is 42.3 Å². The van der Waals surface area contributed by atoms with Crippen molar-refractivity contribution in [2.75, 3.05) is 37.7 Å². The molecule has 1 saturated heterocycles. The molecule has 1 aliphatic rings. The lowest BCUT2D eigenvalue weighted by molar-refractivity contribution is -0.128. The predicted octanol–water partition coefficient (Wildman–Crippen LogP) is 1.10. The zero-order valence-electron chi connectivity index (χ0n) is 10.6. The van der Waals surface area contributed by atoms with Crippen molar-refractivity contribution in [3.63, 3.8) is 0 Å². The van der Waals surface area contributed by atoms with Crippen molar-refractivity contribution in [2.24, 2.45) is 0 Å². The molecule has 0 saturated carbocycles. The molecule has 98 valence electrons. The molecule has 1 fully saturated rings. The number of amides is 1. The second-order valence-electron chi connectivity index (χ2n) is 4.44. The highest BCUT2D eigenvalue weighted by Gasteiger charge is 2.16. The monoisotopic (exact) mass is 265 g/mol. The maximum atomic E-state index is 12.0. The standard InChI is InChI=1S/C13H19N3OS/c1-10-8-11(14)2-3-12(10)18-9-13(17)16-6-4-15-5-7-16/h2-3,8,15H,4-7,9,14H2,1H3. The van der Waals surface area contributed by atoms with E-state index in [4.69, 9.17) is 5.73 Å². The van der Waals surface area contributed by atoms with Crippen LogP contribution >= 0.6 is 11.8 Å². The average Bonchev–Trinajstić information content (AvgIpc) is 2.38. The van der Waals surface area contributed by atoms with Gasteiger partial charge >= 0.3 is 0 Å². The number of carbonyl (C=O) groups excluding carboxylic acids is 1. The fourth-order valence-corrected chi connectivity index (χ4v) is 2.89. The van der Waals surface area contributed by atoms with Crippen LogP contribution in [0.2, 0.25) is 0 Å². The average molecular weight is 265 g/mol. The van der Waals surface area contributed by atoms with Gasteiger partial charge in [-0.05, 0) is 30.7 Å². The smallest absolute Gasteiger partial charge is 0.233 e. The fourth-order valence-electron chi connectivity index (χ4n) is 1.98. The summed E-state index contributed by atoms with van der Waals surface area (Å²) in [5, 5.41) is 3.24. The highest BCUT2D eigenvalue weighted by Crippen LogP contribution is 2.24.